The quantitative estimate of drug-likeness (QED) is 0.465. The Hall–Kier alpha value is -3.19. The van der Waals surface area contributed by atoms with Gasteiger partial charge in [0.15, 0.2) is 0 Å². The summed E-state index contributed by atoms with van der Waals surface area (Å²) >= 11 is 1.49. The van der Waals surface area contributed by atoms with Crippen LogP contribution < -0.4 is 4.90 Å². The minimum atomic E-state index is -0.219. The number of nitrogens with zero attached hydrogens (tertiary/aromatic N) is 4. The average molecular weight is 435 g/mol. The number of benzene rings is 2. The van der Waals surface area contributed by atoms with E-state index in [1.54, 1.807) is 12.1 Å². The van der Waals surface area contributed by atoms with E-state index in [1.165, 1.54) is 17.4 Å². The number of carbonyl (C=O) groups is 1. The third-order valence-corrected chi connectivity index (χ3v) is 6.96. The molecule has 0 saturated carbocycles. The number of rotatable bonds is 3. The molecular formula is C24H23FN4OS. The van der Waals surface area contributed by atoms with Gasteiger partial charge in [-0.05, 0) is 43.7 Å². The molecule has 31 heavy (non-hydrogen) atoms. The molecule has 0 atom stereocenters. The van der Waals surface area contributed by atoms with Crippen LogP contribution in [0.5, 0.6) is 0 Å². The highest BCUT2D eigenvalue weighted by Gasteiger charge is 2.26. The van der Waals surface area contributed by atoms with Crippen LogP contribution in [0.4, 0.5) is 10.1 Å². The van der Waals surface area contributed by atoms with Crippen LogP contribution >= 0.6 is 11.3 Å². The fraction of sp³-hybridized carbons (Fsp3) is 0.250. The number of thiophene rings is 1. The molecule has 1 amide bonds. The Morgan fingerprint density at radius 3 is 2.35 bits per heavy atom. The highest BCUT2D eigenvalue weighted by molar-refractivity contribution is 7.20. The number of amides is 1. The van der Waals surface area contributed by atoms with E-state index in [9.17, 15) is 9.18 Å². The Bertz CT molecular complexity index is 1270. The first kappa shape index (κ1) is 19.8. The summed E-state index contributed by atoms with van der Waals surface area (Å²) in [6, 6.07) is 16.9. The van der Waals surface area contributed by atoms with Crippen molar-refractivity contribution in [2.75, 3.05) is 31.1 Å². The lowest BCUT2D eigenvalue weighted by atomic mass is 10.2. The van der Waals surface area contributed by atoms with Crippen molar-refractivity contribution in [3.63, 3.8) is 0 Å². The van der Waals surface area contributed by atoms with Gasteiger partial charge in [0.25, 0.3) is 5.91 Å². The molecule has 1 aliphatic heterocycles. The van der Waals surface area contributed by atoms with Crippen molar-refractivity contribution in [2.24, 2.45) is 0 Å². The molecule has 0 aliphatic carbocycles. The van der Waals surface area contributed by atoms with Crippen LogP contribution in [0.15, 0.2) is 54.6 Å². The third-order valence-electron chi connectivity index (χ3n) is 5.86. The van der Waals surface area contributed by atoms with Crippen LogP contribution in [0.25, 0.3) is 15.9 Å². The molecule has 1 fully saturated rings. The SMILES string of the molecule is Cc1ccccc1-n1nc(C)c2cc(C(=O)N3CCN(c4ccccc4F)CC3)sc21. The number of halogens is 1. The van der Waals surface area contributed by atoms with Crippen molar-refractivity contribution in [1.82, 2.24) is 14.7 Å². The van der Waals surface area contributed by atoms with Crippen molar-refractivity contribution >= 4 is 33.1 Å². The molecule has 3 heterocycles. The number of aryl methyl sites for hydroxylation is 2. The molecule has 7 heteroatoms. The maximum absolute atomic E-state index is 14.1. The topological polar surface area (TPSA) is 41.4 Å². The first-order chi connectivity index (χ1) is 15.0. The lowest BCUT2D eigenvalue weighted by Gasteiger charge is -2.36. The lowest BCUT2D eigenvalue weighted by molar-refractivity contribution is 0.0751. The van der Waals surface area contributed by atoms with Gasteiger partial charge in [-0.1, -0.05) is 30.3 Å². The predicted octanol–water partition coefficient (Wildman–Crippen LogP) is 4.81. The summed E-state index contributed by atoms with van der Waals surface area (Å²) in [6.45, 7) is 6.42. The zero-order valence-corrected chi connectivity index (χ0v) is 18.3. The molecule has 0 N–H and O–H groups in total. The Labute approximate surface area is 184 Å². The first-order valence-corrected chi connectivity index (χ1v) is 11.2. The van der Waals surface area contributed by atoms with E-state index >= 15 is 0 Å². The summed E-state index contributed by atoms with van der Waals surface area (Å²) in [5, 5.41) is 5.72. The normalized spacial score (nSPS) is 14.4. The molecule has 1 saturated heterocycles. The number of para-hydroxylation sites is 2. The molecule has 0 bridgehead atoms. The van der Waals surface area contributed by atoms with Gasteiger partial charge in [0.05, 0.1) is 21.9 Å². The van der Waals surface area contributed by atoms with E-state index in [0.717, 1.165) is 32.0 Å². The zero-order valence-electron chi connectivity index (χ0n) is 17.5. The molecule has 0 unspecified atom stereocenters. The van der Waals surface area contributed by atoms with E-state index in [2.05, 4.69) is 13.0 Å². The molecular weight excluding hydrogens is 411 g/mol. The van der Waals surface area contributed by atoms with Crippen LogP contribution in [0.3, 0.4) is 0 Å². The van der Waals surface area contributed by atoms with Gasteiger partial charge < -0.3 is 9.80 Å². The van der Waals surface area contributed by atoms with E-state index in [0.29, 0.717) is 31.9 Å². The largest absolute Gasteiger partial charge is 0.366 e. The maximum atomic E-state index is 14.1. The van der Waals surface area contributed by atoms with Gasteiger partial charge in [-0.15, -0.1) is 11.3 Å². The summed E-state index contributed by atoms with van der Waals surface area (Å²) in [5.74, 6) is -0.187. The summed E-state index contributed by atoms with van der Waals surface area (Å²) < 4.78 is 16.0. The van der Waals surface area contributed by atoms with Crippen molar-refractivity contribution < 1.29 is 9.18 Å². The number of piperazine rings is 1. The molecule has 5 nitrogen and oxygen atoms in total. The monoisotopic (exact) mass is 434 g/mol. The minimum absolute atomic E-state index is 0.0325. The Morgan fingerprint density at radius 2 is 1.65 bits per heavy atom. The smallest absolute Gasteiger partial charge is 0.264 e. The van der Waals surface area contributed by atoms with E-state index in [-0.39, 0.29) is 11.7 Å². The molecule has 158 valence electrons. The van der Waals surface area contributed by atoms with Crippen LogP contribution in [0.1, 0.15) is 20.9 Å². The fourth-order valence-electron chi connectivity index (χ4n) is 4.13. The van der Waals surface area contributed by atoms with E-state index in [1.807, 2.05) is 51.7 Å². The Kier molecular flexibility index (Phi) is 4.98. The van der Waals surface area contributed by atoms with Crippen molar-refractivity contribution in [3.8, 4) is 5.69 Å². The number of hydrogen-bond acceptors (Lipinski definition) is 4. The number of aromatic nitrogens is 2. The number of hydrogen-bond donors (Lipinski definition) is 0. The Morgan fingerprint density at radius 1 is 0.968 bits per heavy atom. The van der Waals surface area contributed by atoms with Gasteiger partial charge in [-0.2, -0.15) is 5.10 Å². The summed E-state index contributed by atoms with van der Waals surface area (Å²) in [7, 11) is 0. The summed E-state index contributed by atoms with van der Waals surface area (Å²) in [5.41, 5.74) is 3.68. The average Bonchev–Trinajstić information content (AvgIpc) is 3.35. The van der Waals surface area contributed by atoms with Crippen LogP contribution in [-0.4, -0.2) is 46.8 Å². The van der Waals surface area contributed by atoms with Crippen LogP contribution in [0, 0.1) is 19.7 Å². The molecule has 0 radical (unpaired) electrons. The summed E-state index contributed by atoms with van der Waals surface area (Å²) in [6.07, 6.45) is 0. The molecule has 0 spiro atoms. The number of fused-ring (bicyclic) bond motifs is 1. The number of carbonyl (C=O) groups excluding carboxylic acids is 1. The number of anilines is 1. The highest BCUT2D eigenvalue weighted by Crippen LogP contribution is 2.32. The van der Waals surface area contributed by atoms with Crippen molar-refractivity contribution in [1.29, 1.82) is 0 Å². The molecule has 2 aromatic heterocycles. The molecule has 4 aromatic rings. The van der Waals surface area contributed by atoms with E-state index in [4.69, 9.17) is 5.10 Å². The van der Waals surface area contributed by atoms with Gasteiger partial charge in [0, 0.05) is 31.6 Å². The van der Waals surface area contributed by atoms with Gasteiger partial charge >= 0.3 is 0 Å². The third kappa shape index (κ3) is 3.49. The molecule has 5 rings (SSSR count). The van der Waals surface area contributed by atoms with Crippen LogP contribution in [-0.2, 0) is 0 Å². The highest BCUT2D eigenvalue weighted by atomic mass is 32.1. The second-order valence-electron chi connectivity index (χ2n) is 7.84. The molecule has 1 aliphatic rings. The van der Waals surface area contributed by atoms with Crippen molar-refractivity contribution in [3.05, 3.63) is 76.5 Å². The van der Waals surface area contributed by atoms with Gasteiger partial charge in [0.1, 0.15) is 10.6 Å². The van der Waals surface area contributed by atoms with Crippen molar-refractivity contribution in [2.45, 2.75) is 13.8 Å². The van der Waals surface area contributed by atoms with Gasteiger partial charge in [-0.25, -0.2) is 9.07 Å². The lowest BCUT2D eigenvalue weighted by Crippen LogP contribution is -2.48. The summed E-state index contributed by atoms with van der Waals surface area (Å²) in [4.78, 5) is 18.8. The molecule has 2 aromatic carbocycles. The van der Waals surface area contributed by atoms with Gasteiger partial charge in [0.2, 0.25) is 0 Å². The van der Waals surface area contributed by atoms with E-state index < -0.39 is 0 Å². The maximum Gasteiger partial charge on any atom is 0.264 e. The first-order valence-electron chi connectivity index (χ1n) is 10.4. The van der Waals surface area contributed by atoms with Crippen LogP contribution in [0.2, 0.25) is 0 Å². The second-order valence-corrected chi connectivity index (χ2v) is 8.87. The second kappa shape index (κ2) is 7.81. The zero-order chi connectivity index (χ0) is 21.5. The predicted molar refractivity (Wildman–Crippen MR) is 123 cm³/mol. The standard InChI is InChI=1S/C24H23FN4OS/c1-16-7-3-5-9-20(16)29-24-18(17(2)26-29)15-22(31-24)23(30)28-13-11-27(12-14-28)21-10-6-4-8-19(21)25/h3-10,15H,11-14H2,1-2H3. The Balaban J connectivity index is 1.38. The minimum Gasteiger partial charge on any atom is -0.366 e. The van der Waals surface area contributed by atoms with Gasteiger partial charge in [-0.3, -0.25) is 4.79 Å². The fourth-order valence-corrected chi connectivity index (χ4v) is 5.28.